The molecular weight excluding hydrogens is 310 g/mol. The van der Waals surface area contributed by atoms with E-state index in [1.165, 1.54) is 11.1 Å². The molecule has 0 bridgehead atoms. The molecular formula is C22H31NO2. The molecule has 0 aliphatic rings. The SMILES string of the molecule is CCCCn1cc(-c2cc(C)c(C(C)(C)C)c(CO)c2)cc(C)c1=O. The summed E-state index contributed by atoms with van der Waals surface area (Å²) in [5, 5.41) is 9.89. The lowest BCUT2D eigenvalue weighted by molar-refractivity contribution is 0.278. The molecule has 0 saturated heterocycles. The number of nitrogens with zero attached hydrogens (tertiary/aromatic N) is 1. The first-order valence-corrected chi connectivity index (χ1v) is 9.15. The summed E-state index contributed by atoms with van der Waals surface area (Å²) >= 11 is 0. The standard InChI is InChI=1S/C22H31NO2/c1-7-8-9-23-13-18(11-16(3)21(23)25)17-10-15(2)20(22(4,5)6)19(12-17)14-24/h10-13,24H,7-9,14H2,1-6H3. The van der Waals surface area contributed by atoms with Crippen LogP contribution in [0.3, 0.4) is 0 Å². The van der Waals surface area contributed by atoms with Crippen molar-refractivity contribution in [2.24, 2.45) is 0 Å². The van der Waals surface area contributed by atoms with Gasteiger partial charge < -0.3 is 9.67 Å². The maximum atomic E-state index is 12.4. The van der Waals surface area contributed by atoms with Crippen LogP contribution in [0.2, 0.25) is 0 Å². The molecule has 3 heteroatoms. The van der Waals surface area contributed by atoms with Crippen molar-refractivity contribution in [3.63, 3.8) is 0 Å². The van der Waals surface area contributed by atoms with Crippen LogP contribution >= 0.6 is 0 Å². The van der Waals surface area contributed by atoms with Crippen molar-refractivity contribution >= 4 is 0 Å². The normalized spacial score (nSPS) is 11.8. The highest BCUT2D eigenvalue weighted by Crippen LogP contribution is 2.33. The summed E-state index contributed by atoms with van der Waals surface area (Å²) < 4.78 is 1.82. The minimum Gasteiger partial charge on any atom is -0.392 e. The Kier molecular flexibility index (Phi) is 5.89. The van der Waals surface area contributed by atoms with Crippen LogP contribution in [0.25, 0.3) is 11.1 Å². The Morgan fingerprint density at radius 3 is 2.24 bits per heavy atom. The highest BCUT2D eigenvalue weighted by atomic mass is 16.3. The van der Waals surface area contributed by atoms with E-state index in [2.05, 4.69) is 46.8 Å². The van der Waals surface area contributed by atoms with Gasteiger partial charge in [-0.1, -0.05) is 40.2 Å². The average Bonchev–Trinajstić information content (AvgIpc) is 2.53. The first-order chi connectivity index (χ1) is 11.7. The van der Waals surface area contributed by atoms with Crippen LogP contribution in [0.5, 0.6) is 0 Å². The summed E-state index contributed by atoms with van der Waals surface area (Å²) in [4.78, 5) is 12.4. The van der Waals surface area contributed by atoms with Gasteiger partial charge in [-0.2, -0.15) is 0 Å². The number of hydrogen-bond acceptors (Lipinski definition) is 2. The second-order valence-electron chi connectivity index (χ2n) is 8.00. The Bertz CT molecular complexity index is 810. The van der Waals surface area contributed by atoms with E-state index >= 15 is 0 Å². The number of aromatic nitrogens is 1. The van der Waals surface area contributed by atoms with E-state index < -0.39 is 0 Å². The molecule has 3 nitrogen and oxygen atoms in total. The lowest BCUT2D eigenvalue weighted by atomic mass is 9.80. The zero-order valence-electron chi connectivity index (χ0n) is 16.4. The first-order valence-electron chi connectivity index (χ1n) is 9.15. The molecule has 1 aromatic heterocycles. The quantitative estimate of drug-likeness (QED) is 0.855. The molecule has 0 fully saturated rings. The Labute approximate surface area is 151 Å². The van der Waals surface area contributed by atoms with Crippen molar-refractivity contribution in [1.82, 2.24) is 4.57 Å². The number of aliphatic hydroxyl groups is 1. The molecule has 0 aliphatic carbocycles. The van der Waals surface area contributed by atoms with E-state index in [1.807, 2.05) is 23.8 Å². The van der Waals surface area contributed by atoms with Crippen molar-refractivity contribution in [3.05, 3.63) is 57.0 Å². The van der Waals surface area contributed by atoms with E-state index in [1.54, 1.807) is 0 Å². The Balaban J connectivity index is 2.61. The van der Waals surface area contributed by atoms with Gasteiger partial charge in [-0.3, -0.25) is 4.79 Å². The van der Waals surface area contributed by atoms with Gasteiger partial charge in [0, 0.05) is 18.3 Å². The van der Waals surface area contributed by atoms with Gasteiger partial charge >= 0.3 is 0 Å². The van der Waals surface area contributed by atoms with Gasteiger partial charge in [0.2, 0.25) is 0 Å². The highest BCUT2D eigenvalue weighted by Gasteiger charge is 2.21. The molecule has 1 N–H and O–H groups in total. The summed E-state index contributed by atoms with van der Waals surface area (Å²) in [6, 6.07) is 6.19. The number of rotatable bonds is 5. The third-order valence-corrected chi connectivity index (χ3v) is 4.69. The third-order valence-electron chi connectivity index (χ3n) is 4.69. The van der Waals surface area contributed by atoms with E-state index in [9.17, 15) is 9.90 Å². The van der Waals surface area contributed by atoms with Gasteiger partial charge in [-0.15, -0.1) is 0 Å². The second-order valence-corrected chi connectivity index (χ2v) is 8.00. The molecule has 1 aromatic carbocycles. The number of benzene rings is 1. The van der Waals surface area contributed by atoms with Gasteiger partial charge in [0.15, 0.2) is 0 Å². The van der Waals surface area contributed by atoms with Gasteiger partial charge in [0.05, 0.1) is 6.61 Å². The molecule has 0 radical (unpaired) electrons. The fourth-order valence-corrected chi connectivity index (χ4v) is 3.66. The van der Waals surface area contributed by atoms with E-state index in [4.69, 9.17) is 0 Å². The second kappa shape index (κ2) is 7.57. The first kappa shape index (κ1) is 19.5. The average molecular weight is 341 g/mol. The van der Waals surface area contributed by atoms with Crippen molar-refractivity contribution in [3.8, 4) is 11.1 Å². The Morgan fingerprint density at radius 2 is 1.68 bits per heavy atom. The number of aryl methyl sites for hydroxylation is 3. The molecule has 0 atom stereocenters. The maximum absolute atomic E-state index is 12.4. The molecule has 2 rings (SSSR count). The smallest absolute Gasteiger partial charge is 0.253 e. The van der Waals surface area contributed by atoms with E-state index in [-0.39, 0.29) is 17.6 Å². The van der Waals surface area contributed by atoms with Crippen molar-refractivity contribution < 1.29 is 5.11 Å². The molecule has 0 aliphatic heterocycles. The topological polar surface area (TPSA) is 42.2 Å². The van der Waals surface area contributed by atoms with Crippen LogP contribution in [0.15, 0.2) is 29.2 Å². The lowest BCUT2D eigenvalue weighted by Crippen LogP contribution is -2.22. The maximum Gasteiger partial charge on any atom is 0.253 e. The molecule has 1 heterocycles. The number of pyridine rings is 1. The molecule has 25 heavy (non-hydrogen) atoms. The van der Waals surface area contributed by atoms with Crippen molar-refractivity contribution in [1.29, 1.82) is 0 Å². The molecule has 0 unspecified atom stereocenters. The number of aliphatic hydroxyl groups excluding tert-OH is 1. The molecule has 0 amide bonds. The largest absolute Gasteiger partial charge is 0.392 e. The fraction of sp³-hybridized carbons (Fsp3) is 0.500. The van der Waals surface area contributed by atoms with Gasteiger partial charge in [-0.25, -0.2) is 0 Å². The van der Waals surface area contributed by atoms with Crippen LogP contribution < -0.4 is 5.56 Å². The summed E-state index contributed by atoms with van der Waals surface area (Å²) in [6.07, 6.45) is 4.01. The predicted octanol–water partition coefficient (Wildman–Crippen LogP) is 4.72. The molecule has 2 aromatic rings. The molecule has 136 valence electrons. The van der Waals surface area contributed by atoms with Crippen LogP contribution in [0, 0.1) is 13.8 Å². The van der Waals surface area contributed by atoms with Crippen LogP contribution in [-0.4, -0.2) is 9.67 Å². The third kappa shape index (κ3) is 4.21. The summed E-state index contributed by atoms with van der Waals surface area (Å²) in [5.74, 6) is 0. The minimum absolute atomic E-state index is 0.0174. The van der Waals surface area contributed by atoms with Crippen LogP contribution in [-0.2, 0) is 18.6 Å². The Morgan fingerprint density at radius 1 is 1.04 bits per heavy atom. The van der Waals surface area contributed by atoms with Gasteiger partial charge in [0.25, 0.3) is 5.56 Å². The number of hydrogen-bond donors (Lipinski definition) is 1. The summed E-state index contributed by atoms with van der Waals surface area (Å²) in [6.45, 7) is 13.4. The Hall–Kier alpha value is -1.87. The van der Waals surface area contributed by atoms with Gasteiger partial charge in [-0.05, 0) is 65.6 Å². The summed E-state index contributed by atoms with van der Waals surface area (Å²) in [7, 11) is 0. The van der Waals surface area contributed by atoms with E-state index in [0.29, 0.717) is 0 Å². The van der Waals surface area contributed by atoms with Gasteiger partial charge in [0.1, 0.15) is 0 Å². The minimum atomic E-state index is -0.0174. The number of unbranched alkanes of at least 4 members (excludes halogenated alkanes) is 1. The fourth-order valence-electron chi connectivity index (χ4n) is 3.66. The van der Waals surface area contributed by atoms with E-state index in [0.717, 1.165) is 41.6 Å². The van der Waals surface area contributed by atoms with Crippen molar-refractivity contribution in [2.45, 2.75) is 73.0 Å². The zero-order valence-corrected chi connectivity index (χ0v) is 16.4. The van der Waals surface area contributed by atoms with Crippen molar-refractivity contribution in [2.75, 3.05) is 0 Å². The van der Waals surface area contributed by atoms with Crippen LogP contribution in [0.1, 0.15) is 62.8 Å². The zero-order chi connectivity index (χ0) is 18.8. The monoisotopic (exact) mass is 341 g/mol. The molecule has 0 spiro atoms. The summed E-state index contributed by atoms with van der Waals surface area (Å²) in [5.41, 5.74) is 6.27. The molecule has 0 saturated carbocycles. The predicted molar refractivity (Wildman–Crippen MR) is 105 cm³/mol. The lowest BCUT2D eigenvalue weighted by Gasteiger charge is -2.26. The highest BCUT2D eigenvalue weighted by molar-refractivity contribution is 5.66. The van der Waals surface area contributed by atoms with Crippen LogP contribution in [0.4, 0.5) is 0 Å².